The molecule has 1 saturated heterocycles. The van der Waals surface area contributed by atoms with Gasteiger partial charge in [-0.1, -0.05) is 36.3 Å². The summed E-state index contributed by atoms with van der Waals surface area (Å²) in [6.45, 7) is 5.42. The first-order valence-corrected chi connectivity index (χ1v) is 8.77. The number of anilines is 1. The molecule has 3 rings (SSSR count). The zero-order chi connectivity index (χ0) is 18.4. The molecule has 1 atom stereocenters. The number of terminal acetylenes is 1. The van der Waals surface area contributed by atoms with Crippen molar-refractivity contribution in [1.82, 2.24) is 20.2 Å². The summed E-state index contributed by atoms with van der Waals surface area (Å²) in [5, 5.41) is 2.75. The van der Waals surface area contributed by atoms with Gasteiger partial charge in [-0.15, -0.1) is 6.42 Å². The molecule has 1 aromatic heterocycles. The van der Waals surface area contributed by atoms with Crippen LogP contribution in [0.3, 0.4) is 0 Å². The van der Waals surface area contributed by atoms with E-state index in [1.807, 2.05) is 43.3 Å². The van der Waals surface area contributed by atoms with E-state index < -0.39 is 0 Å². The van der Waals surface area contributed by atoms with Gasteiger partial charge in [-0.3, -0.25) is 9.69 Å². The SMILES string of the molecule is C#CCNC(=O)C(C)N1CCN(c2ccnc(-c3ccccc3)n2)CC1. The van der Waals surface area contributed by atoms with Crippen molar-refractivity contribution in [1.29, 1.82) is 0 Å². The van der Waals surface area contributed by atoms with Gasteiger partial charge in [0, 0.05) is 37.9 Å². The van der Waals surface area contributed by atoms with E-state index >= 15 is 0 Å². The highest BCUT2D eigenvalue weighted by Gasteiger charge is 2.25. The van der Waals surface area contributed by atoms with E-state index in [-0.39, 0.29) is 18.5 Å². The molecule has 134 valence electrons. The Morgan fingerprint density at radius 2 is 1.96 bits per heavy atom. The van der Waals surface area contributed by atoms with Crippen molar-refractivity contribution in [3.63, 3.8) is 0 Å². The third-order valence-corrected chi connectivity index (χ3v) is 4.60. The van der Waals surface area contributed by atoms with Gasteiger partial charge in [0.05, 0.1) is 12.6 Å². The van der Waals surface area contributed by atoms with Crippen LogP contribution < -0.4 is 10.2 Å². The van der Waals surface area contributed by atoms with Gasteiger partial charge in [0.15, 0.2) is 5.82 Å². The first-order chi connectivity index (χ1) is 12.7. The molecule has 0 radical (unpaired) electrons. The fourth-order valence-electron chi connectivity index (χ4n) is 3.04. The summed E-state index contributed by atoms with van der Waals surface area (Å²) in [5.74, 6) is 4.06. The van der Waals surface area contributed by atoms with Crippen LogP contribution in [0.4, 0.5) is 5.82 Å². The Morgan fingerprint density at radius 1 is 1.23 bits per heavy atom. The molecule has 26 heavy (non-hydrogen) atoms. The van der Waals surface area contributed by atoms with Crippen LogP contribution in [0.15, 0.2) is 42.6 Å². The molecule has 1 fully saturated rings. The van der Waals surface area contributed by atoms with Gasteiger partial charge in [0.1, 0.15) is 5.82 Å². The molecule has 1 N–H and O–H groups in total. The number of carbonyl (C=O) groups is 1. The molecule has 1 aliphatic heterocycles. The number of piperazine rings is 1. The van der Waals surface area contributed by atoms with E-state index in [9.17, 15) is 4.79 Å². The van der Waals surface area contributed by atoms with Gasteiger partial charge in [0.2, 0.25) is 5.91 Å². The minimum atomic E-state index is -0.184. The van der Waals surface area contributed by atoms with Gasteiger partial charge >= 0.3 is 0 Å². The van der Waals surface area contributed by atoms with Gasteiger partial charge in [-0.25, -0.2) is 9.97 Å². The van der Waals surface area contributed by atoms with Crippen molar-refractivity contribution in [2.45, 2.75) is 13.0 Å². The van der Waals surface area contributed by atoms with Crippen molar-refractivity contribution in [3.8, 4) is 23.7 Å². The Labute approximate surface area is 154 Å². The molecule has 1 aromatic carbocycles. The van der Waals surface area contributed by atoms with Crippen LogP contribution in [0.25, 0.3) is 11.4 Å². The second-order valence-electron chi connectivity index (χ2n) is 6.23. The minimum absolute atomic E-state index is 0.0233. The Hall–Kier alpha value is -2.91. The first-order valence-electron chi connectivity index (χ1n) is 8.77. The standard InChI is InChI=1S/C20H23N5O/c1-3-10-22-20(26)16(2)24-12-14-25(15-13-24)18-9-11-21-19(23-18)17-7-5-4-6-8-17/h1,4-9,11,16H,10,12-15H2,2H3,(H,22,26). The molecule has 6 nitrogen and oxygen atoms in total. The van der Waals surface area contributed by atoms with Crippen molar-refractivity contribution >= 4 is 11.7 Å². The normalized spacial score (nSPS) is 15.9. The predicted molar refractivity (Wildman–Crippen MR) is 103 cm³/mol. The molecule has 1 amide bonds. The Balaban J connectivity index is 1.62. The monoisotopic (exact) mass is 349 g/mol. The summed E-state index contributed by atoms with van der Waals surface area (Å²) in [6, 6.07) is 11.7. The van der Waals surface area contributed by atoms with Crippen molar-refractivity contribution in [2.24, 2.45) is 0 Å². The van der Waals surface area contributed by atoms with Gasteiger partial charge in [0.25, 0.3) is 0 Å². The molecule has 1 unspecified atom stereocenters. The highest BCUT2D eigenvalue weighted by Crippen LogP contribution is 2.19. The maximum absolute atomic E-state index is 12.1. The lowest BCUT2D eigenvalue weighted by Gasteiger charge is -2.37. The molecular formula is C20H23N5O. The lowest BCUT2D eigenvalue weighted by molar-refractivity contribution is -0.125. The second-order valence-corrected chi connectivity index (χ2v) is 6.23. The average Bonchev–Trinajstić information content (AvgIpc) is 2.72. The van der Waals surface area contributed by atoms with Crippen molar-refractivity contribution in [3.05, 3.63) is 42.6 Å². The maximum Gasteiger partial charge on any atom is 0.237 e. The fourth-order valence-corrected chi connectivity index (χ4v) is 3.04. The van der Waals surface area contributed by atoms with Crippen molar-refractivity contribution in [2.75, 3.05) is 37.6 Å². The minimum Gasteiger partial charge on any atom is -0.354 e. The summed E-state index contributed by atoms with van der Waals surface area (Å²) in [6.07, 6.45) is 6.99. The molecule has 2 aromatic rings. The first kappa shape index (κ1) is 17.9. The van der Waals surface area contributed by atoms with E-state index in [2.05, 4.69) is 26.0 Å². The van der Waals surface area contributed by atoms with Crippen molar-refractivity contribution < 1.29 is 4.79 Å². The Morgan fingerprint density at radius 3 is 2.65 bits per heavy atom. The number of benzene rings is 1. The van der Waals surface area contributed by atoms with Gasteiger partial charge in [-0.2, -0.15) is 0 Å². The topological polar surface area (TPSA) is 61.4 Å². The van der Waals surface area contributed by atoms with Crippen LogP contribution in [-0.2, 0) is 4.79 Å². The van der Waals surface area contributed by atoms with Crippen LogP contribution in [0.1, 0.15) is 6.92 Å². The second kappa shape index (κ2) is 8.45. The van der Waals surface area contributed by atoms with E-state index in [0.717, 1.165) is 43.4 Å². The zero-order valence-corrected chi connectivity index (χ0v) is 14.9. The summed E-state index contributed by atoms with van der Waals surface area (Å²) in [4.78, 5) is 25.6. The molecule has 6 heteroatoms. The smallest absolute Gasteiger partial charge is 0.237 e. The number of rotatable bonds is 5. The lowest BCUT2D eigenvalue weighted by atomic mass is 10.2. The van der Waals surface area contributed by atoms with E-state index in [4.69, 9.17) is 11.4 Å². The third kappa shape index (κ3) is 4.19. The van der Waals surface area contributed by atoms with Crippen LogP contribution in [0.2, 0.25) is 0 Å². The number of carbonyl (C=O) groups excluding carboxylic acids is 1. The number of hydrogen-bond acceptors (Lipinski definition) is 5. The van der Waals surface area contributed by atoms with Crippen LogP contribution in [0.5, 0.6) is 0 Å². The maximum atomic E-state index is 12.1. The molecule has 0 saturated carbocycles. The summed E-state index contributed by atoms with van der Waals surface area (Å²) in [5.41, 5.74) is 1.01. The number of nitrogens with zero attached hydrogens (tertiary/aromatic N) is 4. The largest absolute Gasteiger partial charge is 0.354 e. The highest BCUT2D eigenvalue weighted by molar-refractivity contribution is 5.81. The van der Waals surface area contributed by atoms with E-state index in [0.29, 0.717) is 0 Å². The van der Waals surface area contributed by atoms with Crippen LogP contribution in [-0.4, -0.2) is 59.5 Å². The third-order valence-electron chi connectivity index (χ3n) is 4.60. The van der Waals surface area contributed by atoms with E-state index in [1.54, 1.807) is 6.20 Å². The number of amides is 1. The predicted octanol–water partition coefficient (Wildman–Crippen LogP) is 1.40. The molecule has 1 aliphatic rings. The average molecular weight is 349 g/mol. The Bertz CT molecular complexity index is 778. The molecular weight excluding hydrogens is 326 g/mol. The number of hydrogen-bond donors (Lipinski definition) is 1. The van der Waals surface area contributed by atoms with Crippen LogP contribution in [0, 0.1) is 12.3 Å². The lowest BCUT2D eigenvalue weighted by Crippen LogP contribution is -2.54. The molecule has 0 spiro atoms. The fraction of sp³-hybridized carbons (Fsp3) is 0.350. The summed E-state index contributed by atoms with van der Waals surface area (Å²) < 4.78 is 0. The van der Waals surface area contributed by atoms with E-state index in [1.165, 1.54) is 0 Å². The Kier molecular flexibility index (Phi) is 5.82. The molecule has 2 heterocycles. The van der Waals surface area contributed by atoms with Gasteiger partial charge in [-0.05, 0) is 13.0 Å². The van der Waals surface area contributed by atoms with Gasteiger partial charge < -0.3 is 10.2 Å². The molecule has 0 aliphatic carbocycles. The number of aromatic nitrogens is 2. The summed E-state index contributed by atoms with van der Waals surface area (Å²) in [7, 11) is 0. The summed E-state index contributed by atoms with van der Waals surface area (Å²) >= 11 is 0. The molecule has 0 bridgehead atoms. The number of nitrogens with one attached hydrogen (secondary N) is 1. The highest BCUT2D eigenvalue weighted by atomic mass is 16.2. The zero-order valence-electron chi connectivity index (χ0n) is 14.9. The quantitative estimate of drug-likeness (QED) is 0.827. The van der Waals surface area contributed by atoms with Crippen LogP contribution >= 0.6 is 0 Å².